The van der Waals surface area contributed by atoms with Gasteiger partial charge in [0, 0.05) is 12.6 Å². The summed E-state index contributed by atoms with van der Waals surface area (Å²) in [5.74, 6) is 0. The average molecular weight is 483 g/mol. The second-order valence-corrected chi connectivity index (χ2v) is 8.22. The molecule has 3 rings (SSSR count). The van der Waals surface area contributed by atoms with Crippen LogP contribution in [-0.2, 0) is 31.5 Å². The van der Waals surface area contributed by atoms with Gasteiger partial charge < -0.3 is 0 Å². The lowest BCUT2D eigenvalue weighted by molar-refractivity contribution is -0.142. The second kappa shape index (κ2) is 9.56. The third kappa shape index (κ3) is 6.65. The highest BCUT2D eigenvalue weighted by Gasteiger charge is 2.38. The first kappa shape index (κ1) is 25.4. The molecule has 182 valence electrons. The maximum absolute atomic E-state index is 13.4. The lowest BCUT2D eigenvalue weighted by atomic mass is 9.94. The SMILES string of the molecule is FC(F)(F)c1ccc(CC[C@H]2CCCCN2Cc2cc(C(F)(F)F)ccc2C(F)(F)F)cc1. The Morgan fingerprint density at radius 2 is 1.33 bits per heavy atom. The van der Waals surface area contributed by atoms with Gasteiger partial charge in [-0.05, 0) is 73.7 Å². The second-order valence-electron chi connectivity index (χ2n) is 8.22. The summed E-state index contributed by atoms with van der Waals surface area (Å²) in [7, 11) is 0. The molecular formula is C23H22F9N. The fourth-order valence-electron chi connectivity index (χ4n) is 4.18. The summed E-state index contributed by atoms with van der Waals surface area (Å²) in [6, 6.07) is 5.97. The number of benzene rings is 2. The van der Waals surface area contributed by atoms with Crippen LogP contribution in [0.3, 0.4) is 0 Å². The minimum Gasteiger partial charge on any atom is -0.296 e. The lowest BCUT2D eigenvalue weighted by Gasteiger charge is -2.36. The zero-order valence-electron chi connectivity index (χ0n) is 17.4. The fourth-order valence-corrected chi connectivity index (χ4v) is 4.18. The third-order valence-electron chi connectivity index (χ3n) is 5.91. The number of rotatable bonds is 5. The van der Waals surface area contributed by atoms with Gasteiger partial charge in [0.1, 0.15) is 0 Å². The van der Waals surface area contributed by atoms with Gasteiger partial charge in [0.05, 0.1) is 16.7 Å². The van der Waals surface area contributed by atoms with Crippen molar-refractivity contribution in [3.63, 3.8) is 0 Å². The average Bonchev–Trinajstić information content (AvgIpc) is 2.71. The van der Waals surface area contributed by atoms with Crippen LogP contribution < -0.4 is 0 Å². The summed E-state index contributed by atoms with van der Waals surface area (Å²) in [4.78, 5) is 1.75. The minimum absolute atomic E-state index is 0.184. The Morgan fingerprint density at radius 3 is 1.91 bits per heavy atom. The summed E-state index contributed by atoms with van der Waals surface area (Å²) in [6.07, 6.45) is -10.9. The van der Waals surface area contributed by atoms with Gasteiger partial charge in [-0.3, -0.25) is 4.90 Å². The highest BCUT2D eigenvalue weighted by Crippen LogP contribution is 2.38. The highest BCUT2D eigenvalue weighted by molar-refractivity contribution is 5.35. The van der Waals surface area contributed by atoms with Crippen LogP contribution in [0.2, 0.25) is 0 Å². The number of alkyl halides is 9. The molecule has 0 N–H and O–H groups in total. The van der Waals surface area contributed by atoms with Crippen LogP contribution in [-0.4, -0.2) is 17.5 Å². The van der Waals surface area contributed by atoms with E-state index >= 15 is 0 Å². The topological polar surface area (TPSA) is 3.24 Å². The molecule has 33 heavy (non-hydrogen) atoms. The van der Waals surface area contributed by atoms with Crippen molar-refractivity contribution in [1.29, 1.82) is 0 Å². The normalized spacial score (nSPS) is 18.5. The summed E-state index contributed by atoms with van der Waals surface area (Å²) < 4.78 is 118. The number of nitrogens with zero attached hydrogens (tertiary/aromatic N) is 1. The van der Waals surface area contributed by atoms with Crippen LogP contribution in [0.5, 0.6) is 0 Å². The summed E-state index contributed by atoms with van der Waals surface area (Å²) in [6.45, 7) is 0.154. The number of hydrogen-bond donors (Lipinski definition) is 0. The zero-order valence-corrected chi connectivity index (χ0v) is 17.4. The minimum atomic E-state index is -4.79. The van der Waals surface area contributed by atoms with Crippen molar-refractivity contribution < 1.29 is 39.5 Å². The van der Waals surface area contributed by atoms with Gasteiger partial charge in [-0.25, -0.2) is 0 Å². The molecule has 2 aromatic rings. The van der Waals surface area contributed by atoms with Crippen LogP contribution in [0.15, 0.2) is 42.5 Å². The van der Waals surface area contributed by atoms with E-state index in [1.807, 2.05) is 0 Å². The molecule has 0 spiro atoms. The van der Waals surface area contributed by atoms with E-state index in [4.69, 9.17) is 0 Å². The summed E-state index contributed by atoms with van der Waals surface area (Å²) >= 11 is 0. The predicted molar refractivity (Wildman–Crippen MR) is 104 cm³/mol. The van der Waals surface area contributed by atoms with E-state index < -0.39 is 40.8 Å². The largest absolute Gasteiger partial charge is 0.416 e. The van der Waals surface area contributed by atoms with Gasteiger partial charge in [-0.1, -0.05) is 18.6 Å². The van der Waals surface area contributed by atoms with Crippen molar-refractivity contribution in [3.05, 3.63) is 70.3 Å². The van der Waals surface area contributed by atoms with E-state index in [1.54, 1.807) is 4.90 Å². The highest BCUT2D eigenvalue weighted by atomic mass is 19.4. The van der Waals surface area contributed by atoms with Crippen LogP contribution in [0, 0.1) is 0 Å². The Bertz CT molecular complexity index is 927. The molecule has 0 aliphatic carbocycles. The van der Waals surface area contributed by atoms with E-state index in [-0.39, 0.29) is 12.6 Å². The van der Waals surface area contributed by atoms with Crippen molar-refractivity contribution in [2.24, 2.45) is 0 Å². The van der Waals surface area contributed by atoms with Crippen LogP contribution in [0.4, 0.5) is 39.5 Å². The summed E-state index contributed by atoms with van der Waals surface area (Å²) in [5, 5.41) is 0. The van der Waals surface area contributed by atoms with Crippen molar-refractivity contribution in [2.45, 2.75) is 63.2 Å². The molecule has 2 aromatic carbocycles. The van der Waals surface area contributed by atoms with Crippen LogP contribution >= 0.6 is 0 Å². The van der Waals surface area contributed by atoms with Gasteiger partial charge in [-0.15, -0.1) is 0 Å². The fraction of sp³-hybridized carbons (Fsp3) is 0.478. The first-order valence-electron chi connectivity index (χ1n) is 10.4. The molecule has 0 aromatic heterocycles. The monoisotopic (exact) mass is 483 g/mol. The van der Waals surface area contributed by atoms with E-state index in [0.29, 0.717) is 56.0 Å². The Balaban J connectivity index is 1.76. The quantitative estimate of drug-likeness (QED) is 0.394. The molecule has 1 saturated heterocycles. The van der Waals surface area contributed by atoms with Gasteiger partial charge in [0.15, 0.2) is 0 Å². The number of aryl methyl sites for hydroxylation is 1. The Kier molecular flexibility index (Phi) is 7.36. The lowest BCUT2D eigenvalue weighted by Crippen LogP contribution is -2.39. The third-order valence-corrected chi connectivity index (χ3v) is 5.91. The molecule has 1 aliphatic rings. The molecule has 10 heteroatoms. The standard InChI is InChI=1S/C23H22F9N/c24-21(25,26)17-7-4-15(5-8-17)6-10-19-3-1-2-12-33(19)14-16-13-18(22(27,28)29)9-11-20(16)23(30,31)32/h4-5,7-9,11,13,19H,1-3,6,10,12,14H2/t19-/m1/s1. The molecule has 0 saturated carbocycles. The zero-order chi connectivity index (χ0) is 24.4. The molecule has 1 heterocycles. The van der Waals surface area contributed by atoms with Crippen molar-refractivity contribution in [3.8, 4) is 0 Å². The number of hydrogen-bond acceptors (Lipinski definition) is 1. The van der Waals surface area contributed by atoms with Crippen molar-refractivity contribution in [1.82, 2.24) is 4.90 Å². The van der Waals surface area contributed by atoms with Gasteiger partial charge in [0.25, 0.3) is 0 Å². The van der Waals surface area contributed by atoms with E-state index in [0.717, 1.165) is 18.6 Å². The Morgan fingerprint density at radius 1 is 0.727 bits per heavy atom. The first-order chi connectivity index (χ1) is 15.2. The molecule has 0 amide bonds. The Labute approximate surface area is 185 Å². The molecule has 1 fully saturated rings. The van der Waals surface area contributed by atoms with Crippen LogP contribution in [0.25, 0.3) is 0 Å². The molecule has 1 aliphatic heterocycles. The molecule has 0 radical (unpaired) electrons. The van der Waals surface area contributed by atoms with Gasteiger partial charge in [0.2, 0.25) is 0 Å². The van der Waals surface area contributed by atoms with E-state index in [2.05, 4.69) is 0 Å². The molecule has 0 unspecified atom stereocenters. The van der Waals surface area contributed by atoms with Gasteiger partial charge >= 0.3 is 18.5 Å². The van der Waals surface area contributed by atoms with Gasteiger partial charge in [-0.2, -0.15) is 39.5 Å². The molecule has 0 bridgehead atoms. The predicted octanol–water partition coefficient (Wildman–Crippen LogP) is 7.73. The molecular weight excluding hydrogens is 461 g/mol. The van der Waals surface area contributed by atoms with E-state index in [1.165, 1.54) is 12.1 Å². The van der Waals surface area contributed by atoms with Crippen molar-refractivity contribution >= 4 is 0 Å². The first-order valence-corrected chi connectivity index (χ1v) is 10.4. The van der Waals surface area contributed by atoms with Crippen molar-refractivity contribution in [2.75, 3.05) is 6.54 Å². The molecule has 1 atom stereocenters. The molecule has 1 nitrogen and oxygen atoms in total. The number of likely N-dealkylation sites (tertiary alicyclic amines) is 1. The maximum atomic E-state index is 13.4. The summed E-state index contributed by atoms with van der Waals surface area (Å²) in [5.41, 5.74) is -2.77. The Hall–Kier alpha value is -2.23. The van der Waals surface area contributed by atoms with E-state index in [9.17, 15) is 39.5 Å². The van der Waals surface area contributed by atoms with Crippen LogP contribution in [0.1, 0.15) is 53.5 Å². The maximum Gasteiger partial charge on any atom is 0.416 e. The smallest absolute Gasteiger partial charge is 0.296 e. The number of piperidine rings is 1. The number of halogens is 9.